The molecular weight excluding hydrogens is 928 g/mol. The first-order chi connectivity index (χ1) is 35.4. The molecule has 9 nitrogen and oxygen atoms in total. The van der Waals surface area contributed by atoms with E-state index in [0.717, 1.165) is 83.5 Å². The van der Waals surface area contributed by atoms with E-state index in [1.54, 1.807) is 0 Å². The molecule has 0 saturated heterocycles. The lowest BCUT2D eigenvalue weighted by Crippen LogP contribution is -2.47. The summed E-state index contributed by atoms with van der Waals surface area (Å²) in [6.07, 6.45) is 65.1. The number of hydrogen-bond acceptors (Lipinski definition) is 7. The zero-order chi connectivity index (χ0) is 53.6. The third kappa shape index (κ3) is 54.6. The minimum atomic E-state index is -4.70. The number of allylic oxidation sites excluding steroid dienone is 7. The van der Waals surface area contributed by atoms with Crippen molar-refractivity contribution in [3.63, 3.8) is 0 Å². The van der Waals surface area contributed by atoms with Crippen LogP contribution in [-0.2, 0) is 27.9 Å². The first kappa shape index (κ1) is 71.0. The van der Waals surface area contributed by atoms with Gasteiger partial charge in [-0.1, -0.05) is 262 Å². The van der Waals surface area contributed by atoms with Crippen LogP contribution >= 0.6 is 7.82 Å². The Kier molecular flexibility index (Phi) is 51.9. The molecule has 0 aliphatic heterocycles. The molecule has 0 saturated carbocycles. The SMILES string of the molecule is CC/C=C/C/C=C/C/C=C/CCCCCCC(=O)NC(COP(=O)([O-])OCC[N+](C)(C)C)C(/C=C\CCCCCCCCCCCC)OC(=O)CCCCCCCCCCCCCCCCCCCCCCC. The molecule has 0 aliphatic carbocycles. The van der Waals surface area contributed by atoms with Gasteiger partial charge in [0.05, 0.1) is 33.8 Å². The van der Waals surface area contributed by atoms with Gasteiger partial charge in [0, 0.05) is 12.8 Å². The maximum atomic E-state index is 13.5. The summed E-state index contributed by atoms with van der Waals surface area (Å²) in [7, 11) is 1.18. The summed E-state index contributed by atoms with van der Waals surface area (Å²) in [6.45, 7) is 6.74. The van der Waals surface area contributed by atoms with Crippen LogP contribution < -0.4 is 10.2 Å². The van der Waals surface area contributed by atoms with Gasteiger partial charge < -0.3 is 28.5 Å². The van der Waals surface area contributed by atoms with Gasteiger partial charge in [0.1, 0.15) is 19.3 Å². The molecule has 73 heavy (non-hydrogen) atoms. The molecular formula is C63H119N2O7P. The number of esters is 1. The lowest BCUT2D eigenvalue weighted by molar-refractivity contribution is -0.870. The van der Waals surface area contributed by atoms with E-state index in [-0.39, 0.29) is 24.9 Å². The van der Waals surface area contributed by atoms with Crippen molar-refractivity contribution in [1.29, 1.82) is 0 Å². The fraction of sp³-hybridized carbons (Fsp3) is 0.841. The number of nitrogens with one attached hydrogen (secondary N) is 1. The number of hydrogen-bond donors (Lipinski definition) is 1. The van der Waals surface area contributed by atoms with Crippen molar-refractivity contribution < 1.29 is 37.3 Å². The molecule has 428 valence electrons. The zero-order valence-electron chi connectivity index (χ0n) is 48.8. The van der Waals surface area contributed by atoms with Crippen LogP contribution in [0.5, 0.6) is 0 Å². The van der Waals surface area contributed by atoms with Crippen LogP contribution in [0.3, 0.4) is 0 Å². The summed E-state index contributed by atoms with van der Waals surface area (Å²) in [5.74, 6) is -0.557. The molecule has 10 heteroatoms. The van der Waals surface area contributed by atoms with Crippen LogP contribution in [0.4, 0.5) is 0 Å². The Labute approximate surface area is 452 Å². The second kappa shape index (κ2) is 53.4. The standard InChI is InChI=1S/C63H119N2O7P/c1-7-10-13-16-19-22-25-28-30-31-32-33-34-35-36-38-41-44-47-50-53-56-63(67)72-61(54-51-48-45-42-39-27-24-21-18-15-12-9-3)60(59-71-73(68,69)70-58-57-65(4,5)6)64-62(66)55-52-49-46-43-40-37-29-26-23-20-17-14-11-8-2/h11,14,20,23,29,37,51,54,60-61H,7-10,12-13,15-19,21-22,24-28,30-36,38-50,52-53,55-59H2,1-6H3,(H-,64,66,68,69)/b14-11+,23-20+,37-29+,54-51-. The molecule has 0 heterocycles. The average Bonchev–Trinajstić information content (AvgIpc) is 3.35. The number of rotatable bonds is 56. The highest BCUT2D eigenvalue weighted by molar-refractivity contribution is 7.45. The van der Waals surface area contributed by atoms with E-state index in [1.165, 1.54) is 167 Å². The first-order valence-corrected chi connectivity index (χ1v) is 32.4. The van der Waals surface area contributed by atoms with Crippen LogP contribution in [0.2, 0.25) is 0 Å². The highest BCUT2D eigenvalue weighted by Gasteiger charge is 2.27. The largest absolute Gasteiger partial charge is 0.756 e. The highest BCUT2D eigenvalue weighted by Crippen LogP contribution is 2.38. The molecule has 0 spiro atoms. The molecule has 1 N–H and O–H groups in total. The van der Waals surface area contributed by atoms with E-state index in [9.17, 15) is 19.0 Å². The molecule has 0 fully saturated rings. The fourth-order valence-corrected chi connectivity index (χ4v) is 9.73. The van der Waals surface area contributed by atoms with Gasteiger partial charge in [-0.2, -0.15) is 0 Å². The van der Waals surface area contributed by atoms with Gasteiger partial charge in [0.15, 0.2) is 0 Å². The van der Waals surface area contributed by atoms with Crippen LogP contribution in [0, 0.1) is 0 Å². The minimum absolute atomic E-state index is 0.0260. The van der Waals surface area contributed by atoms with Crippen molar-refractivity contribution >= 4 is 19.7 Å². The van der Waals surface area contributed by atoms with E-state index in [1.807, 2.05) is 33.3 Å². The first-order valence-electron chi connectivity index (χ1n) is 30.9. The number of nitrogens with zero attached hydrogens (tertiary/aromatic N) is 1. The van der Waals surface area contributed by atoms with Gasteiger partial charge in [0.2, 0.25) is 5.91 Å². The molecule has 0 bridgehead atoms. The quantitative estimate of drug-likeness (QED) is 0.0212. The molecule has 0 aromatic heterocycles. The van der Waals surface area contributed by atoms with Gasteiger partial charge in [-0.25, -0.2) is 0 Å². The number of quaternary nitrogens is 1. The topological polar surface area (TPSA) is 114 Å². The predicted octanol–water partition coefficient (Wildman–Crippen LogP) is 18.3. The Hall–Kier alpha value is -2.03. The lowest BCUT2D eigenvalue weighted by Gasteiger charge is -2.30. The van der Waals surface area contributed by atoms with E-state index in [2.05, 4.69) is 62.5 Å². The van der Waals surface area contributed by atoms with Crippen LogP contribution in [0.15, 0.2) is 48.6 Å². The Morgan fingerprint density at radius 2 is 0.877 bits per heavy atom. The zero-order valence-corrected chi connectivity index (χ0v) is 49.7. The van der Waals surface area contributed by atoms with E-state index < -0.39 is 26.6 Å². The number of phosphoric acid groups is 1. The summed E-state index contributed by atoms with van der Waals surface area (Å²) in [5, 5.41) is 3.01. The maximum absolute atomic E-state index is 13.5. The van der Waals surface area contributed by atoms with Crippen molar-refractivity contribution in [3.8, 4) is 0 Å². The number of unbranched alkanes of at least 4 members (excludes halogenated alkanes) is 34. The Bertz CT molecular complexity index is 1390. The molecule has 1 amide bonds. The Balaban J connectivity index is 5.20. The number of carbonyl (C=O) groups is 2. The van der Waals surface area contributed by atoms with Gasteiger partial charge in [0.25, 0.3) is 7.82 Å². The Morgan fingerprint density at radius 3 is 1.32 bits per heavy atom. The lowest BCUT2D eigenvalue weighted by atomic mass is 10.0. The van der Waals surface area contributed by atoms with Crippen molar-refractivity contribution in [2.45, 2.75) is 303 Å². The molecule has 0 aromatic rings. The summed E-state index contributed by atoms with van der Waals surface area (Å²) < 4.78 is 30.3. The minimum Gasteiger partial charge on any atom is -0.756 e. The van der Waals surface area contributed by atoms with Crippen molar-refractivity contribution in [3.05, 3.63) is 48.6 Å². The average molecular weight is 1050 g/mol. The summed E-state index contributed by atoms with van der Waals surface area (Å²) in [6, 6.07) is -0.897. The van der Waals surface area contributed by atoms with Gasteiger partial charge in [-0.15, -0.1) is 0 Å². The van der Waals surface area contributed by atoms with E-state index >= 15 is 0 Å². The number of amides is 1. The van der Waals surface area contributed by atoms with Crippen molar-refractivity contribution in [2.75, 3.05) is 40.9 Å². The smallest absolute Gasteiger partial charge is 0.306 e. The molecule has 0 radical (unpaired) electrons. The number of ether oxygens (including phenoxy) is 1. The van der Waals surface area contributed by atoms with Gasteiger partial charge in [-0.3, -0.25) is 14.2 Å². The number of phosphoric ester groups is 1. The van der Waals surface area contributed by atoms with Gasteiger partial charge >= 0.3 is 5.97 Å². The second-order valence-corrected chi connectivity index (χ2v) is 23.6. The molecule has 3 atom stereocenters. The molecule has 3 unspecified atom stereocenters. The van der Waals surface area contributed by atoms with Crippen molar-refractivity contribution in [1.82, 2.24) is 5.32 Å². The number of carbonyl (C=O) groups excluding carboxylic acids is 2. The summed E-state index contributed by atoms with van der Waals surface area (Å²) in [4.78, 5) is 39.9. The Morgan fingerprint density at radius 1 is 0.493 bits per heavy atom. The third-order valence-electron chi connectivity index (χ3n) is 13.8. The molecule has 0 aromatic carbocycles. The number of likely N-dealkylation sites (N-methyl/N-ethyl adjacent to an activating group) is 1. The van der Waals surface area contributed by atoms with Crippen LogP contribution in [0.1, 0.15) is 290 Å². The highest BCUT2D eigenvalue weighted by atomic mass is 31.2. The van der Waals surface area contributed by atoms with E-state index in [4.69, 9.17) is 13.8 Å². The predicted molar refractivity (Wildman–Crippen MR) is 312 cm³/mol. The fourth-order valence-electron chi connectivity index (χ4n) is 9.01. The summed E-state index contributed by atoms with van der Waals surface area (Å²) >= 11 is 0. The van der Waals surface area contributed by atoms with Crippen LogP contribution in [0.25, 0.3) is 0 Å². The van der Waals surface area contributed by atoms with E-state index in [0.29, 0.717) is 23.9 Å². The maximum Gasteiger partial charge on any atom is 0.306 e. The second-order valence-electron chi connectivity index (χ2n) is 22.2. The van der Waals surface area contributed by atoms with Crippen molar-refractivity contribution in [2.24, 2.45) is 0 Å². The van der Waals surface area contributed by atoms with Crippen LogP contribution in [-0.4, -0.2) is 69.4 Å². The molecule has 0 rings (SSSR count). The normalized spacial score (nSPS) is 14.0. The van der Waals surface area contributed by atoms with Gasteiger partial charge in [-0.05, 0) is 63.9 Å². The monoisotopic (exact) mass is 1050 g/mol. The molecule has 0 aliphatic rings. The third-order valence-corrected chi connectivity index (χ3v) is 14.7. The summed E-state index contributed by atoms with van der Waals surface area (Å²) in [5.41, 5.74) is 0.